The van der Waals surface area contributed by atoms with E-state index in [4.69, 9.17) is 10.00 Å². The van der Waals surface area contributed by atoms with Gasteiger partial charge in [0.1, 0.15) is 0 Å². The summed E-state index contributed by atoms with van der Waals surface area (Å²) in [5.74, 6) is -0.00352. The summed E-state index contributed by atoms with van der Waals surface area (Å²) in [5.41, 5.74) is 1.32. The Hall–Kier alpha value is -1.90. The fraction of sp³-hybridized carbons (Fsp3) is 0.429. The molecule has 1 aromatic carbocycles. The van der Waals surface area contributed by atoms with E-state index < -0.39 is 0 Å². The van der Waals surface area contributed by atoms with Crippen molar-refractivity contribution in [2.24, 2.45) is 0 Å². The van der Waals surface area contributed by atoms with Crippen LogP contribution in [0.3, 0.4) is 0 Å². The van der Waals surface area contributed by atoms with Gasteiger partial charge in [-0.2, -0.15) is 5.26 Å². The predicted octanol–water partition coefficient (Wildman–Crippen LogP) is 1.22. The Morgan fingerprint density at radius 1 is 1.32 bits per heavy atom. The van der Waals surface area contributed by atoms with Gasteiger partial charge >= 0.3 is 0 Å². The summed E-state index contributed by atoms with van der Waals surface area (Å²) >= 11 is 0. The Labute approximate surface area is 112 Å². The standard InChI is InChI=1S/C14H17N3O2/c15-11-12-1-3-13(4-2-12)16-14(18)5-6-17-7-9-19-10-8-17/h1-4H,5-10H2,(H,16,18). The number of amides is 1. The number of carbonyl (C=O) groups excluding carboxylic acids is 1. The number of nitrogens with zero attached hydrogens (tertiary/aromatic N) is 2. The Kier molecular flexibility index (Phi) is 4.90. The lowest BCUT2D eigenvalue weighted by molar-refractivity contribution is -0.116. The summed E-state index contributed by atoms with van der Waals surface area (Å²) in [4.78, 5) is 14.0. The molecule has 0 aromatic heterocycles. The molecule has 100 valence electrons. The van der Waals surface area contributed by atoms with E-state index >= 15 is 0 Å². The molecule has 19 heavy (non-hydrogen) atoms. The van der Waals surface area contributed by atoms with Crippen LogP contribution in [0, 0.1) is 11.3 Å². The highest BCUT2D eigenvalue weighted by Crippen LogP contribution is 2.09. The second-order valence-electron chi connectivity index (χ2n) is 4.44. The van der Waals surface area contributed by atoms with Crippen molar-refractivity contribution in [3.05, 3.63) is 29.8 Å². The Morgan fingerprint density at radius 3 is 2.63 bits per heavy atom. The van der Waals surface area contributed by atoms with Gasteiger partial charge in [0.05, 0.1) is 24.8 Å². The van der Waals surface area contributed by atoms with Gasteiger partial charge in [-0.3, -0.25) is 9.69 Å². The van der Waals surface area contributed by atoms with E-state index in [1.165, 1.54) is 0 Å². The summed E-state index contributed by atoms with van der Waals surface area (Å²) in [5, 5.41) is 11.5. The van der Waals surface area contributed by atoms with Crippen LogP contribution in [0.2, 0.25) is 0 Å². The maximum atomic E-state index is 11.8. The smallest absolute Gasteiger partial charge is 0.225 e. The summed E-state index contributed by atoms with van der Waals surface area (Å²) in [6, 6.07) is 8.91. The minimum absolute atomic E-state index is 0.00352. The summed E-state index contributed by atoms with van der Waals surface area (Å²) in [6.45, 7) is 4.04. The second kappa shape index (κ2) is 6.88. The quantitative estimate of drug-likeness (QED) is 0.883. The molecule has 1 amide bonds. The largest absolute Gasteiger partial charge is 0.379 e. The fourth-order valence-electron chi connectivity index (χ4n) is 1.94. The van der Waals surface area contributed by atoms with Crippen LogP contribution in [0.5, 0.6) is 0 Å². The Balaban J connectivity index is 1.75. The maximum absolute atomic E-state index is 11.8. The molecule has 1 aromatic rings. The lowest BCUT2D eigenvalue weighted by Crippen LogP contribution is -2.38. The van der Waals surface area contributed by atoms with E-state index in [-0.39, 0.29) is 5.91 Å². The molecule has 0 radical (unpaired) electrons. The molecule has 2 rings (SSSR count). The average molecular weight is 259 g/mol. The van der Waals surface area contributed by atoms with Crippen LogP contribution in [0.4, 0.5) is 5.69 Å². The first-order valence-electron chi connectivity index (χ1n) is 6.38. The number of ether oxygens (including phenoxy) is 1. The topological polar surface area (TPSA) is 65.4 Å². The van der Waals surface area contributed by atoms with Crippen LogP contribution in [-0.4, -0.2) is 43.7 Å². The van der Waals surface area contributed by atoms with Crippen molar-refractivity contribution in [2.45, 2.75) is 6.42 Å². The highest BCUT2D eigenvalue weighted by molar-refractivity contribution is 5.90. The highest BCUT2D eigenvalue weighted by atomic mass is 16.5. The van der Waals surface area contributed by atoms with Crippen molar-refractivity contribution < 1.29 is 9.53 Å². The number of benzene rings is 1. The van der Waals surface area contributed by atoms with Gasteiger partial charge in [0.15, 0.2) is 0 Å². The number of anilines is 1. The third-order valence-corrected chi connectivity index (χ3v) is 3.06. The molecule has 0 spiro atoms. The number of morpholine rings is 1. The van der Waals surface area contributed by atoms with Gasteiger partial charge in [-0.05, 0) is 24.3 Å². The molecule has 5 nitrogen and oxygen atoms in total. The number of nitrogens with one attached hydrogen (secondary N) is 1. The summed E-state index contributed by atoms with van der Waals surface area (Å²) in [7, 11) is 0. The molecule has 1 fully saturated rings. The van der Waals surface area contributed by atoms with Crippen LogP contribution in [0.15, 0.2) is 24.3 Å². The van der Waals surface area contributed by atoms with Gasteiger partial charge in [-0.15, -0.1) is 0 Å². The first-order chi connectivity index (χ1) is 9.28. The molecule has 1 N–H and O–H groups in total. The molecule has 1 heterocycles. The van der Waals surface area contributed by atoms with Gasteiger partial charge in [0.2, 0.25) is 5.91 Å². The average Bonchev–Trinajstić information content (AvgIpc) is 2.47. The molecule has 0 saturated carbocycles. The fourth-order valence-corrected chi connectivity index (χ4v) is 1.94. The molecular formula is C14H17N3O2. The third kappa shape index (κ3) is 4.36. The lowest BCUT2D eigenvalue weighted by atomic mass is 10.2. The number of nitriles is 1. The van der Waals surface area contributed by atoms with Crippen molar-refractivity contribution in [2.75, 3.05) is 38.2 Å². The Bertz CT molecular complexity index is 459. The third-order valence-electron chi connectivity index (χ3n) is 3.06. The molecule has 1 saturated heterocycles. The molecule has 0 atom stereocenters. The van der Waals surface area contributed by atoms with E-state index in [1.54, 1.807) is 24.3 Å². The first-order valence-corrected chi connectivity index (χ1v) is 6.38. The molecule has 0 unspecified atom stereocenters. The molecule has 0 aliphatic carbocycles. The van der Waals surface area contributed by atoms with E-state index in [0.29, 0.717) is 12.0 Å². The zero-order valence-corrected chi connectivity index (χ0v) is 10.8. The van der Waals surface area contributed by atoms with Gasteiger partial charge in [-0.25, -0.2) is 0 Å². The van der Waals surface area contributed by atoms with Crippen LogP contribution in [0.1, 0.15) is 12.0 Å². The number of rotatable bonds is 4. The normalized spacial score (nSPS) is 15.7. The zero-order chi connectivity index (χ0) is 13.5. The molecule has 5 heteroatoms. The van der Waals surface area contributed by atoms with E-state index in [2.05, 4.69) is 10.2 Å². The van der Waals surface area contributed by atoms with Crippen LogP contribution in [0.25, 0.3) is 0 Å². The second-order valence-corrected chi connectivity index (χ2v) is 4.44. The van der Waals surface area contributed by atoms with Gasteiger partial charge in [0, 0.05) is 31.7 Å². The number of hydrogen-bond donors (Lipinski definition) is 1. The van der Waals surface area contributed by atoms with E-state index in [9.17, 15) is 4.79 Å². The minimum atomic E-state index is -0.00352. The predicted molar refractivity (Wildman–Crippen MR) is 71.7 cm³/mol. The summed E-state index contributed by atoms with van der Waals surface area (Å²) in [6.07, 6.45) is 0.472. The lowest BCUT2D eigenvalue weighted by Gasteiger charge is -2.26. The van der Waals surface area contributed by atoms with Crippen molar-refractivity contribution in [3.8, 4) is 6.07 Å². The van der Waals surface area contributed by atoms with Crippen LogP contribution < -0.4 is 5.32 Å². The van der Waals surface area contributed by atoms with E-state index in [0.717, 1.165) is 38.5 Å². The van der Waals surface area contributed by atoms with Gasteiger partial charge in [0.25, 0.3) is 0 Å². The molecular weight excluding hydrogens is 242 g/mol. The maximum Gasteiger partial charge on any atom is 0.225 e. The van der Waals surface area contributed by atoms with Gasteiger partial charge in [-0.1, -0.05) is 0 Å². The first kappa shape index (κ1) is 13.5. The van der Waals surface area contributed by atoms with Crippen molar-refractivity contribution in [3.63, 3.8) is 0 Å². The number of carbonyl (C=O) groups is 1. The zero-order valence-electron chi connectivity index (χ0n) is 10.8. The van der Waals surface area contributed by atoms with E-state index in [1.807, 2.05) is 6.07 Å². The van der Waals surface area contributed by atoms with Crippen molar-refractivity contribution in [1.29, 1.82) is 5.26 Å². The molecule has 1 aliphatic rings. The van der Waals surface area contributed by atoms with Crippen LogP contribution >= 0.6 is 0 Å². The SMILES string of the molecule is N#Cc1ccc(NC(=O)CCN2CCOCC2)cc1. The monoisotopic (exact) mass is 259 g/mol. The Morgan fingerprint density at radius 2 is 2.00 bits per heavy atom. The molecule has 0 bridgehead atoms. The van der Waals surface area contributed by atoms with Gasteiger partial charge < -0.3 is 10.1 Å². The molecule has 1 aliphatic heterocycles. The van der Waals surface area contributed by atoms with Crippen molar-refractivity contribution in [1.82, 2.24) is 4.90 Å². The van der Waals surface area contributed by atoms with Crippen LogP contribution in [-0.2, 0) is 9.53 Å². The highest BCUT2D eigenvalue weighted by Gasteiger charge is 2.11. The number of hydrogen-bond acceptors (Lipinski definition) is 4. The minimum Gasteiger partial charge on any atom is -0.379 e. The van der Waals surface area contributed by atoms with Crippen molar-refractivity contribution >= 4 is 11.6 Å². The summed E-state index contributed by atoms with van der Waals surface area (Å²) < 4.78 is 5.26.